The summed E-state index contributed by atoms with van der Waals surface area (Å²) in [6.45, 7) is 0. The van der Waals surface area contributed by atoms with Gasteiger partial charge in [0.1, 0.15) is 11.4 Å². The number of H-pyrrole nitrogens is 1. The molecule has 0 aliphatic rings. The lowest BCUT2D eigenvalue weighted by atomic mass is 10.1. The van der Waals surface area contributed by atoms with Crippen LogP contribution in [-0.4, -0.2) is 29.8 Å². The predicted octanol–water partition coefficient (Wildman–Crippen LogP) is 1.89. The monoisotopic (exact) mass is 411 g/mol. The quantitative estimate of drug-likeness (QED) is 0.364. The van der Waals surface area contributed by atoms with Crippen LogP contribution in [0.1, 0.15) is 15.9 Å². The fraction of sp³-hybridized carbons (Fsp3) is 0.100. The third-order valence-electron chi connectivity index (χ3n) is 4.10. The average molecular weight is 411 g/mol. The summed E-state index contributed by atoms with van der Waals surface area (Å²) in [4.78, 5) is 37.9. The van der Waals surface area contributed by atoms with E-state index < -0.39 is 4.92 Å². The maximum Gasteiger partial charge on any atom is 0.292 e. The molecule has 0 aliphatic carbocycles. The molecule has 0 bridgehead atoms. The summed E-state index contributed by atoms with van der Waals surface area (Å²) in [5.41, 5.74) is 0.895. The third-order valence-corrected chi connectivity index (χ3v) is 5.07. The standard InChI is InChI=1S/C20H17N3O5S/c1-21-15-8-3-12(9-16(15)23(26)27)10-18-20(25)22-19(29-18)11-17(24)13-4-6-14(28-2)7-5-13/h3-11,21H,1-2H3,(H,22,25). The van der Waals surface area contributed by atoms with Crippen LogP contribution in [0.2, 0.25) is 0 Å². The van der Waals surface area contributed by atoms with Crippen molar-refractivity contribution < 1.29 is 14.5 Å². The van der Waals surface area contributed by atoms with Crippen LogP contribution in [0, 0.1) is 10.1 Å². The predicted molar refractivity (Wildman–Crippen MR) is 112 cm³/mol. The number of ketones is 1. The molecule has 0 saturated carbocycles. The highest BCUT2D eigenvalue weighted by Gasteiger charge is 2.12. The number of nitro benzene ring substituents is 1. The molecule has 0 amide bonds. The maximum absolute atomic E-state index is 12.4. The first kappa shape index (κ1) is 20.0. The molecule has 3 rings (SSSR count). The lowest BCUT2D eigenvalue weighted by Gasteiger charge is -2.02. The Kier molecular flexibility index (Phi) is 5.89. The third kappa shape index (κ3) is 4.58. The Hall–Kier alpha value is -3.72. The number of nitrogens with zero attached hydrogens (tertiary/aromatic N) is 1. The van der Waals surface area contributed by atoms with Crippen LogP contribution in [0.4, 0.5) is 11.4 Å². The van der Waals surface area contributed by atoms with E-state index in [0.717, 1.165) is 11.3 Å². The van der Waals surface area contributed by atoms with Gasteiger partial charge in [-0.3, -0.25) is 19.7 Å². The number of anilines is 1. The van der Waals surface area contributed by atoms with Crippen molar-refractivity contribution in [3.8, 4) is 5.75 Å². The Morgan fingerprint density at radius 1 is 1.24 bits per heavy atom. The van der Waals surface area contributed by atoms with Crippen molar-refractivity contribution in [3.63, 3.8) is 0 Å². The number of hydrogen-bond acceptors (Lipinski definition) is 7. The van der Waals surface area contributed by atoms with Crippen LogP contribution in [-0.2, 0) is 0 Å². The summed E-state index contributed by atoms with van der Waals surface area (Å²) >= 11 is 1.10. The summed E-state index contributed by atoms with van der Waals surface area (Å²) in [6.07, 6.45) is 2.89. The lowest BCUT2D eigenvalue weighted by molar-refractivity contribution is -0.383. The van der Waals surface area contributed by atoms with Gasteiger partial charge in [0.25, 0.3) is 11.2 Å². The van der Waals surface area contributed by atoms with E-state index >= 15 is 0 Å². The zero-order chi connectivity index (χ0) is 21.0. The summed E-state index contributed by atoms with van der Waals surface area (Å²) in [5.74, 6) is 0.382. The molecule has 2 N–H and O–H groups in total. The molecule has 0 aliphatic heterocycles. The number of carbonyl (C=O) groups is 1. The van der Waals surface area contributed by atoms with Gasteiger partial charge in [0.15, 0.2) is 5.78 Å². The SMILES string of the molecule is CNc1ccc(C=c2sc(=CC(=O)c3ccc(OC)cc3)[nH]c2=O)cc1[N+](=O)[O-]. The highest BCUT2D eigenvalue weighted by atomic mass is 32.1. The number of aromatic amines is 1. The van der Waals surface area contributed by atoms with Crippen molar-refractivity contribution in [1.82, 2.24) is 4.98 Å². The number of rotatable bonds is 6. The Bertz CT molecular complexity index is 1240. The Balaban J connectivity index is 1.96. The second kappa shape index (κ2) is 8.53. The maximum atomic E-state index is 12.4. The van der Waals surface area contributed by atoms with E-state index in [9.17, 15) is 19.7 Å². The molecule has 0 spiro atoms. The summed E-state index contributed by atoms with van der Waals surface area (Å²) < 4.78 is 5.79. The van der Waals surface area contributed by atoms with E-state index in [1.54, 1.807) is 49.5 Å². The number of nitro groups is 1. The minimum Gasteiger partial charge on any atom is -0.497 e. The average Bonchev–Trinajstić information content (AvgIpc) is 3.06. The Labute approximate surface area is 168 Å². The van der Waals surface area contributed by atoms with Gasteiger partial charge in [-0.15, -0.1) is 11.3 Å². The molecule has 8 nitrogen and oxygen atoms in total. The van der Waals surface area contributed by atoms with Gasteiger partial charge in [0.2, 0.25) is 0 Å². The van der Waals surface area contributed by atoms with Crippen molar-refractivity contribution in [2.45, 2.75) is 0 Å². The first-order chi connectivity index (χ1) is 13.9. The van der Waals surface area contributed by atoms with E-state index in [4.69, 9.17) is 4.74 Å². The number of benzene rings is 2. The fourth-order valence-electron chi connectivity index (χ4n) is 2.63. The molecule has 0 saturated heterocycles. The topological polar surface area (TPSA) is 114 Å². The highest BCUT2D eigenvalue weighted by molar-refractivity contribution is 7.07. The molecule has 0 radical (unpaired) electrons. The second-order valence-corrected chi connectivity index (χ2v) is 7.03. The van der Waals surface area contributed by atoms with Crippen LogP contribution in [0.15, 0.2) is 47.3 Å². The lowest BCUT2D eigenvalue weighted by Crippen LogP contribution is -2.20. The zero-order valence-electron chi connectivity index (χ0n) is 15.6. The van der Waals surface area contributed by atoms with Gasteiger partial charge in [0, 0.05) is 24.8 Å². The zero-order valence-corrected chi connectivity index (χ0v) is 16.4. The summed E-state index contributed by atoms with van der Waals surface area (Å²) in [6, 6.07) is 11.3. The normalized spacial score (nSPS) is 12.1. The molecular weight excluding hydrogens is 394 g/mol. The summed E-state index contributed by atoms with van der Waals surface area (Å²) in [7, 11) is 3.13. The molecule has 9 heteroatoms. The highest BCUT2D eigenvalue weighted by Crippen LogP contribution is 2.25. The van der Waals surface area contributed by atoms with Gasteiger partial charge in [-0.05, 0) is 42.0 Å². The molecule has 0 atom stereocenters. The van der Waals surface area contributed by atoms with E-state index in [1.807, 2.05) is 0 Å². The molecule has 3 aromatic rings. The van der Waals surface area contributed by atoms with Gasteiger partial charge < -0.3 is 15.0 Å². The molecule has 1 heterocycles. The van der Waals surface area contributed by atoms with Crippen molar-refractivity contribution in [1.29, 1.82) is 0 Å². The second-order valence-electron chi connectivity index (χ2n) is 5.95. The molecule has 0 fully saturated rings. The van der Waals surface area contributed by atoms with E-state index in [2.05, 4.69) is 10.3 Å². The van der Waals surface area contributed by atoms with Crippen molar-refractivity contribution in [2.75, 3.05) is 19.5 Å². The molecule has 2 aromatic carbocycles. The van der Waals surface area contributed by atoms with Crippen molar-refractivity contribution in [2.24, 2.45) is 0 Å². The van der Waals surface area contributed by atoms with Crippen LogP contribution in [0.25, 0.3) is 12.2 Å². The van der Waals surface area contributed by atoms with Crippen LogP contribution in [0.3, 0.4) is 0 Å². The smallest absolute Gasteiger partial charge is 0.292 e. The van der Waals surface area contributed by atoms with Gasteiger partial charge in [0.05, 0.1) is 21.2 Å². The number of ether oxygens (including phenoxy) is 1. The van der Waals surface area contributed by atoms with Crippen LogP contribution in [0.5, 0.6) is 5.75 Å². The number of hydrogen-bond donors (Lipinski definition) is 2. The molecule has 148 valence electrons. The van der Waals surface area contributed by atoms with E-state index in [0.29, 0.717) is 31.8 Å². The Morgan fingerprint density at radius 2 is 1.97 bits per heavy atom. The first-order valence-corrected chi connectivity index (χ1v) is 9.30. The van der Waals surface area contributed by atoms with Gasteiger partial charge in [-0.1, -0.05) is 6.07 Å². The van der Waals surface area contributed by atoms with Crippen LogP contribution >= 0.6 is 11.3 Å². The van der Waals surface area contributed by atoms with E-state index in [1.165, 1.54) is 19.3 Å². The molecule has 0 unspecified atom stereocenters. The largest absolute Gasteiger partial charge is 0.497 e. The first-order valence-electron chi connectivity index (χ1n) is 8.48. The van der Waals surface area contributed by atoms with Crippen molar-refractivity contribution >= 4 is 40.6 Å². The molecule has 1 aromatic heterocycles. The molecule has 29 heavy (non-hydrogen) atoms. The van der Waals surface area contributed by atoms with Gasteiger partial charge >= 0.3 is 0 Å². The van der Waals surface area contributed by atoms with E-state index in [-0.39, 0.29) is 17.0 Å². The Morgan fingerprint density at radius 3 is 2.59 bits per heavy atom. The number of thiazole rings is 1. The molecular formula is C20H17N3O5S. The van der Waals surface area contributed by atoms with Crippen molar-refractivity contribution in [3.05, 3.63) is 83.3 Å². The fourth-order valence-corrected chi connectivity index (χ4v) is 3.52. The number of nitrogens with one attached hydrogen (secondary N) is 2. The number of Topliss-reactive ketones (excluding diaryl/α,β-unsaturated/α-hetero) is 1. The minimum absolute atomic E-state index is 0.0873. The van der Waals surface area contributed by atoms with Gasteiger partial charge in [-0.25, -0.2) is 0 Å². The number of methoxy groups -OCH3 is 1. The number of aromatic nitrogens is 1. The summed E-state index contributed by atoms with van der Waals surface area (Å²) in [5, 5.41) is 13.9. The number of carbonyl (C=O) groups excluding carboxylic acids is 1. The minimum atomic E-state index is -0.492. The van der Waals surface area contributed by atoms with Crippen LogP contribution < -0.4 is 24.8 Å². The van der Waals surface area contributed by atoms with Gasteiger partial charge in [-0.2, -0.15) is 0 Å².